The van der Waals surface area contributed by atoms with Gasteiger partial charge in [-0.15, -0.1) is 0 Å². The first-order valence-electron chi connectivity index (χ1n) is 5.96. The molecule has 0 radical (unpaired) electrons. The predicted molar refractivity (Wildman–Crippen MR) is 68.9 cm³/mol. The second-order valence-electron chi connectivity index (χ2n) is 4.31. The zero-order valence-corrected chi connectivity index (χ0v) is 10.1. The van der Waals surface area contributed by atoms with Crippen molar-refractivity contribution in [2.24, 2.45) is 0 Å². The first-order chi connectivity index (χ1) is 9.22. The Kier molecular flexibility index (Phi) is 2.97. The van der Waals surface area contributed by atoms with Crippen molar-refractivity contribution in [1.82, 2.24) is 15.0 Å². The number of aromatic nitrogens is 3. The summed E-state index contributed by atoms with van der Waals surface area (Å²) in [5, 5.41) is 18.6. The summed E-state index contributed by atoms with van der Waals surface area (Å²) in [6, 6.07) is 13.3. The lowest BCUT2D eigenvalue weighted by molar-refractivity contribution is 0.146. The van der Waals surface area contributed by atoms with Crippen molar-refractivity contribution < 1.29 is 9.50 Å². The van der Waals surface area contributed by atoms with Crippen LogP contribution in [0.3, 0.4) is 0 Å². The zero-order valence-electron chi connectivity index (χ0n) is 10.1. The molecule has 1 atom stereocenters. The van der Waals surface area contributed by atoms with Crippen molar-refractivity contribution in [2.45, 2.75) is 12.6 Å². The second-order valence-corrected chi connectivity index (χ2v) is 4.31. The molecule has 0 saturated heterocycles. The molecule has 5 heteroatoms. The van der Waals surface area contributed by atoms with Crippen molar-refractivity contribution in [1.29, 1.82) is 0 Å². The summed E-state index contributed by atoms with van der Waals surface area (Å²) in [6.07, 6.45) is -0.762. The van der Waals surface area contributed by atoms with Crippen LogP contribution in [0, 0.1) is 5.82 Å². The lowest BCUT2D eigenvalue weighted by Crippen LogP contribution is -2.11. The van der Waals surface area contributed by atoms with Gasteiger partial charge in [-0.3, -0.25) is 0 Å². The topological polar surface area (TPSA) is 50.9 Å². The largest absolute Gasteiger partial charge is 0.386 e. The highest BCUT2D eigenvalue weighted by Crippen LogP contribution is 2.16. The molecule has 0 aliphatic heterocycles. The molecule has 0 spiro atoms. The highest BCUT2D eigenvalue weighted by atomic mass is 19.1. The maximum Gasteiger partial charge on any atom is 0.123 e. The summed E-state index contributed by atoms with van der Waals surface area (Å²) in [7, 11) is 0. The minimum atomic E-state index is -0.762. The van der Waals surface area contributed by atoms with Crippen LogP contribution >= 0.6 is 0 Å². The number of hydrogen-bond donors (Lipinski definition) is 1. The fraction of sp³-hybridized carbons (Fsp3) is 0.143. The normalized spacial score (nSPS) is 12.7. The average molecular weight is 257 g/mol. The van der Waals surface area contributed by atoms with Crippen LogP contribution in [0.2, 0.25) is 0 Å². The van der Waals surface area contributed by atoms with Crippen LogP contribution in [0.5, 0.6) is 0 Å². The number of nitrogens with zero attached hydrogens (tertiary/aromatic N) is 3. The predicted octanol–water partition coefficient (Wildman–Crippen LogP) is 2.30. The number of halogens is 1. The highest BCUT2D eigenvalue weighted by molar-refractivity contribution is 5.72. The molecular weight excluding hydrogens is 245 g/mol. The first kappa shape index (κ1) is 11.8. The van der Waals surface area contributed by atoms with Crippen LogP contribution in [-0.2, 0) is 6.54 Å². The van der Waals surface area contributed by atoms with Gasteiger partial charge in [-0.05, 0) is 29.8 Å². The van der Waals surface area contributed by atoms with E-state index in [1.807, 2.05) is 24.3 Å². The van der Waals surface area contributed by atoms with Crippen molar-refractivity contribution in [3.05, 3.63) is 59.9 Å². The van der Waals surface area contributed by atoms with E-state index in [9.17, 15) is 9.50 Å². The molecule has 0 amide bonds. The third kappa shape index (κ3) is 2.46. The van der Waals surface area contributed by atoms with E-state index in [0.29, 0.717) is 5.56 Å². The SMILES string of the molecule is O[C@@H](Cn1nc2ccccc2n1)c1ccc(F)cc1. The first-order valence-corrected chi connectivity index (χ1v) is 5.96. The van der Waals surface area contributed by atoms with Gasteiger partial charge in [0.05, 0.1) is 6.54 Å². The molecule has 0 aliphatic rings. The third-order valence-electron chi connectivity index (χ3n) is 2.92. The fourth-order valence-corrected chi connectivity index (χ4v) is 1.93. The van der Waals surface area contributed by atoms with E-state index in [-0.39, 0.29) is 12.4 Å². The molecule has 4 nitrogen and oxygen atoms in total. The minimum absolute atomic E-state index is 0.236. The van der Waals surface area contributed by atoms with Gasteiger partial charge >= 0.3 is 0 Å². The summed E-state index contributed by atoms with van der Waals surface area (Å²) in [4.78, 5) is 1.46. The number of fused-ring (bicyclic) bond motifs is 1. The Balaban J connectivity index is 1.82. The maximum absolute atomic E-state index is 12.8. The van der Waals surface area contributed by atoms with E-state index in [1.54, 1.807) is 12.1 Å². The number of hydrogen-bond acceptors (Lipinski definition) is 3. The van der Waals surface area contributed by atoms with Gasteiger partial charge in [0, 0.05) is 0 Å². The van der Waals surface area contributed by atoms with Gasteiger partial charge in [-0.25, -0.2) is 4.39 Å². The Hall–Kier alpha value is -2.27. The third-order valence-corrected chi connectivity index (χ3v) is 2.92. The van der Waals surface area contributed by atoms with E-state index in [1.165, 1.54) is 16.9 Å². The summed E-state index contributed by atoms with van der Waals surface area (Å²) in [5.74, 6) is -0.320. The van der Waals surface area contributed by atoms with Crippen LogP contribution in [0.15, 0.2) is 48.5 Å². The molecule has 0 unspecified atom stereocenters. The number of rotatable bonds is 3. The molecule has 1 N–H and O–H groups in total. The van der Waals surface area contributed by atoms with E-state index in [4.69, 9.17) is 0 Å². The molecule has 0 saturated carbocycles. The minimum Gasteiger partial charge on any atom is -0.386 e. The molecule has 3 aromatic rings. The van der Waals surface area contributed by atoms with Crippen LogP contribution < -0.4 is 0 Å². The van der Waals surface area contributed by atoms with Crippen LogP contribution in [-0.4, -0.2) is 20.1 Å². The summed E-state index contributed by atoms with van der Waals surface area (Å²) in [6.45, 7) is 0.236. The summed E-state index contributed by atoms with van der Waals surface area (Å²) in [5.41, 5.74) is 2.21. The van der Waals surface area contributed by atoms with Crippen molar-refractivity contribution in [3.63, 3.8) is 0 Å². The summed E-state index contributed by atoms with van der Waals surface area (Å²) < 4.78 is 12.8. The second kappa shape index (κ2) is 4.78. The molecule has 3 rings (SSSR count). The Morgan fingerprint density at radius 3 is 2.16 bits per heavy atom. The molecule has 0 bridgehead atoms. The Morgan fingerprint density at radius 1 is 1.00 bits per heavy atom. The molecule has 1 aromatic heterocycles. The van der Waals surface area contributed by atoms with Crippen molar-refractivity contribution >= 4 is 11.0 Å². The van der Waals surface area contributed by atoms with Gasteiger partial charge in [0.2, 0.25) is 0 Å². The molecule has 0 fully saturated rings. The lowest BCUT2D eigenvalue weighted by atomic mass is 10.1. The van der Waals surface area contributed by atoms with Crippen molar-refractivity contribution in [3.8, 4) is 0 Å². The van der Waals surface area contributed by atoms with Gasteiger partial charge in [0.15, 0.2) is 0 Å². The fourth-order valence-electron chi connectivity index (χ4n) is 1.93. The van der Waals surface area contributed by atoms with Crippen LogP contribution in [0.25, 0.3) is 11.0 Å². The van der Waals surface area contributed by atoms with Gasteiger partial charge in [0.25, 0.3) is 0 Å². The van der Waals surface area contributed by atoms with E-state index in [2.05, 4.69) is 10.2 Å². The quantitative estimate of drug-likeness (QED) is 0.783. The van der Waals surface area contributed by atoms with E-state index < -0.39 is 6.10 Å². The van der Waals surface area contributed by atoms with Crippen LogP contribution in [0.4, 0.5) is 4.39 Å². The number of aliphatic hydroxyl groups is 1. The van der Waals surface area contributed by atoms with Crippen LogP contribution in [0.1, 0.15) is 11.7 Å². The van der Waals surface area contributed by atoms with Gasteiger partial charge in [0.1, 0.15) is 23.0 Å². The molecule has 2 aromatic carbocycles. The van der Waals surface area contributed by atoms with E-state index >= 15 is 0 Å². The zero-order chi connectivity index (χ0) is 13.2. The molecule has 0 aliphatic carbocycles. The van der Waals surface area contributed by atoms with Crippen molar-refractivity contribution in [2.75, 3.05) is 0 Å². The Bertz CT molecular complexity index is 660. The molecule has 1 heterocycles. The maximum atomic E-state index is 12.8. The molecular formula is C14H12FN3O. The summed E-state index contributed by atoms with van der Waals surface area (Å²) >= 11 is 0. The van der Waals surface area contributed by atoms with Gasteiger partial charge in [-0.2, -0.15) is 15.0 Å². The Morgan fingerprint density at radius 2 is 1.58 bits per heavy atom. The molecule has 19 heavy (non-hydrogen) atoms. The molecule has 96 valence electrons. The smallest absolute Gasteiger partial charge is 0.123 e. The number of benzene rings is 2. The van der Waals surface area contributed by atoms with Gasteiger partial charge < -0.3 is 5.11 Å². The monoisotopic (exact) mass is 257 g/mol. The Labute approximate surface area is 109 Å². The highest BCUT2D eigenvalue weighted by Gasteiger charge is 2.10. The standard InChI is InChI=1S/C14H12FN3O/c15-11-7-5-10(6-8-11)14(19)9-18-16-12-3-1-2-4-13(12)17-18/h1-8,14,19H,9H2/t14-/m0/s1. The lowest BCUT2D eigenvalue weighted by Gasteiger charge is -2.09. The van der Waals surface area contributed by atoms with Gasteiger partial charge in [-0.1, -0.05) is 24.3 Å². The number of aliphatic hydroxyl groups excluding tert-OH is 1. The average Bonchev–Trinajstić information content (AvgIpc) is 2.81. The van der Waals surface area contributed by atoms with E-state index in [0.717, 1.165) is 11.0 Å².